The number of carbonyl (C=O) groups is 3. The summed E-state index contributed by atoms with van der Waals surface area (Å²) in [4.78, 5) is 39.9. The van der Waals surface area contributed by atoms with Crippen molar-refractivity contribution in [2.24, 2.45) is 5.92 Å². The minimum atomic E-state index is -0.740. The average molecular weight is 441 g/mol. The van der Waals surface area contributed by atoms with Crippen molar-refractivity contribution in [2.45, 2.75) is 37.8 Å². The van der Waals surface area contributed by atoms with Gasteiger partial charge in [0, 0.05) is 30.3 Å². The van der Waals surface area contributed by atoms with Crippen LogP contribution in [0.15, 0.2) is 48.5 Å². The van der Waals surface area contributed by atoms with Gasteiger partial charge in [0.1, 0.15) is 17.7 Å². The number of amides is 3. The van der Waals surface area contributed by atoms with E-state index in [1.165, 1.54) is 48.5 Å². The Kier molecular flexibility index (Phi) is 6.48. The number of likely N-dealkylation sites (tertiary alicyclic amines) is 1. The Morgan fingerprint density at radius 2 is 1.34 bits per heavy atom. The Morgan fingerprint density at radius 1 is 0.812 bits per heavy atom. The number of piperidine rings is 1. The van der Waals surface area contributed by atoms with Gasteiger partial charge in [-0.1, -0.05) is 0 Å². The molecule has 3 amide bonds. The first-order valence-electron chi connectivity index (χ1n) is 10.8. The Bertz CT molecular complexity index is 983. The maximum absolute atomic E-state index is 13.2. The van der Waals surface area contributed by atoms with Gasteiger partial charge in [-0.25, -0.2) is 8.78 Å². The van der Waals surface area contributed by atoms with Crippen molar-refractivity contribution < 1.29 is 23.2 Å². The molecule has 0 radical (unpaired) electrons. The van der Waals surface area contributed by atoms with Crippen LogP contribution in [-0.4, -0.2) is 47.8 Å². The third-order valence-corrected chi connectivity index (χ3v) is 5.99. The number of rotatable bonds is 6. The summed E-state index contributed by atoms with van der Waals surface area (Å²) < 4.78 is 26.3. The highest BCUT2D eigenvalue weighted by atomic mass is 19.1. The standard InChI is InChI=1S/C24H25F2N3O3/c25-18-5-1-16(2-6-18)22(30)28-21(23(31)27-20-9-10-20)15-11-13-29(14-12-15)24(32)17-3-7-19(26)8-4-17/h1-8,15,20-21H,9-14H2,(H,27,31)(H,28,30). The minimum absolute atomic E-state index is 0.143. The van der Waals surface area contributed by atoms with Gasteiger partial charge in [0.05, 0.1) is 0 Å². The van der Waals surface area contributed by atoms with Crippen LogP contribution < -0.4 is 10.6 Å². The fraction of sp³-hybridized carbons (Fsp3) is 0.375. The summed E-state index contributed by atoms with van der Waals surface area (Å²) in [6.07, 6.45) is 2.93. The molecule has 168 valence electrons. The summed E-state index contributed by atoms with van der Waals surface area (Å²) in [5.41, 5.74) is 0.692. The van der Waals surface area contributed by atoms with Gasteiger partial charge in [-0.05, 0) is 80.1 Å². The molecule has 1 saturated carbocycles. The Hall–Kier alpha value is -3.29. The van der Waals surface area contributed by atoms with E-state index in [2.05, 4.69) is 10.6 Å². The molecule has 1 aliphatic carbocycles. The molecule has 32 heavy (non-hydrogen) atoms. The molecule has 2 fully saturated rings. The zero-order valence-corrected chi connectivity index (χ0v) is 17.5. The number of nitrogens with one attached hydrogen (secondary N) is 2. The molecule has 4 rings (SSSR count). The van der Waals surface area contributed by atoms with Gasteiger partial charge in [0.25, 0.3) is 11.8 Å². The van der Waals surface area contributed by atoms with Gasteiger partial charge in [-0.15, -0.1) is 0 Å². The fourth-order valence-electron chi connectivity index (χ4n) is 3.95. The Balaban J connectivity index is 1.41. The molecule has 1 unspecified atom stereocenters. The van der Waals surface area contributed by atoms with E-state index in [9.17, 15) is 23.2 Å². The molecule has 1 aliphatic heterocycles. The summed E-state index contributed by atoms with van der Waals surface area (Å²) >= 11 is 0. The van der Waals surface area contributed by atoms with Crippen LogP contribution in [-0.2, 0) is 4.79 Å². The first-order valence-corrected chi connectivity index (χ1v) is 10.8. The van der Waals surface area contributed by atoms with Crippen LogP contribution in [0.2, 0.25) is 0 Å². The monoisotopic (exact) mass is 441 g/mol. The summed E-state index contributed by atoms with van der Waals surface area (Å²) in [5.74, 6) is -1.84. The van der Waals surface area contributed by atoms with E-state index in [-0.39, 0.29) is 29.3 Å². The van der Waals surface area contributed by atoms with E-state index in [4.69, 9.17) is 0 Å². The molecule has 2 aliphatic rings. The second-order valence-corrected chi connectivity index (χ2v) is 8.38. The van der Waals surface area contributed by atoms with E-state index in [0.29, 0.717) is 31.5 Å². The quantitative estimate of drug-likeness (QED) is 0.724. The summed E-state index contributed by atoms with van der Waals surface area (Å²) in [7, 11) is 0. The van der Waals surface area contributed by atoms with E-state index >= 15 is 0 Å². The van der Waals surface area contributed by atoms with Crippen molar-refractivity contribution in [1.29, 1.82) is 0 Å². The van der Waals surface area contributed by atoms with Crippen LogP contribution in [0.4, 0.5) is 8.78 Å². The molecule has 1 saturated heterocycles. The highest BCUT2D eigenvalue weighted by Crippen LogP contribution is 2.25. The number of benzene rings is 2. The minimum Gasteiger partial charge on any atom is -0.352 e. The summed E-state index contributed by atoms with van der Waals surface area (Å²) in [6, 6.07) is 9.99. The van der Waals surface area contributed by atoms with Gasteiger partial charge in [0.2, 0.25) is 5.91 Å². The van der Waals surface area contributed by atoms with Crippen molar-refractivity contribution >= 4 is 17.7 Å². The molecular formula is C24H25F2N3O3. The van der Waals surface area contributed by atoms with Crippen LogP contribution in [0.5, 0.6) is 0 Å². The van der Waals surface area contributed by atoms with Gasteiger partial charge in [-0.2, -0.15) is 0 Å². The number of halogens is 2. The highest BCUT2D eigenvalue weighted by molar-refractivity contribution is 5.98. The lowest BCUT2D eigenvalue weighted by atomic mass is 9.88. The summed E-state index contributed by atoms with van der Waals surface area (Å²) in [6.45, 7) is 0.862. The molecule has 8 heteroatoms. The maximum atomic E-state index is 13.2. The fourth-order valence-corrected chi connectivity index (χ4v) is 3.95. The lowest BCUT2D eigenvalue weighted by molar-refractivity contribution is -0.124. The molecule has 2 aromatic rings. The van der Waals surface area contributed by atoms with Crippen LogP contribution >= 0.6 is 0 Å². The second kappa shape index (κ2) is 9.46. The molecule has 2 aromatic carbocycles. The Morgan fingerprint density at radius 3 is 1.88 bits per heavy atom. The Labute approximate surface area is 185 Å². The number of hydrogen-bond donors (Lipinski definition) is 2. The highest BCUT2D eigenvalue weighted by Gasteiger charge is 2.36. The van der Waals surface area contributed by atoms with Crippen LogP contribution in [0.3, 0.4) is 0 Å². The van der Waals surface area contributed by atoms with Crippen molar-refractivity contribution in [3.63, 3.8) is 0 Å². The van der Waals surface area contributed by atoms with Crippen molar-refractivity contribution in [2.75, 3.05) is 13.1 Å². The van der Waals surface area contributed by atoms with E-state index in [0.717, 1.165) is 12.8 Å². The number of nitrogens with zero attached hydrogens (tertiary/aromatic N) is 1. The maximum Gasteiger partial charge on any atom is 0.253 e. The van der Waals surface area contributed by atoms with E-state index < -0.39 is 23.6 Å². The molecule has 1 atom stereocenters. The van der Waals surface area contributed by atoms with Crippen LogP contribution in [0.1, 0.15) is 46.4 Å². The number of carbonyl (C=O) groups excluding carboxylic acids is 3. The van der Waals surface area contributed by atoms with Crippen molar-refractivity contribution in [1.82, 2.24) is 15.5 Å². The predicted octanol–water partition coefficient (Wildman–Crippen LogP) is 2.89. The van der Waals surface area contributed by atoms with Crippen molar-refractivity contribution in [3.8, 4) is 0 Å². The molecule has 2 N–H and O–H groups in total. The zero-order chi connectivity index (χ0) is 22.7. The molecular weight excluding hydrogens is 416 g/mol. The van der Waals surface area contributed by atoms with Gasteiger partial charge in [-0.3, -0.25) is 14.4 Å². The average Bonchev–Trinajstić information content (AvgIpc) is 3.62. The molecule has 1 heterocycles. The van der Waals surface area contributed by atoms with Crippen molar-refractivity contribution in [3.05, 3.63) is 71.3 Å². The first-order chi connectivity index (χ1) is 15.4. The summed E-state index contributed by atoms with van der Waals surface area (Å²) in [5, 5.41) is 5.77. The van der Waals surface area contributed by atoms with Crippen LogP contribution in [0, 0.1) is 17.6 Å². The first kappa shape index (κ1) is 21.9. The topological polar surface area (TPSA) is 78.5 Å². The van der Waals surface area contributed by atoms with Gasteiger partial charge >= 0.3 is 0 Å². The molecule has 6 nitrogen and oxygen atoms in total. The smallest absolute Gasteiger partial charge is 0.253 e. The normalized spacial score (nSPS) is 17.5. The second-order valence-electron chi connectivity index (χ2n) is 8.38. The molecule has 0 aromatic heterocycles. The predicted molar refractivity (Wildman–Crippen MR) is 114 cm³/mol. The SMILES string of the molecule is O=C(NC(C(=O)NC1CC1)C1CCN(C(=O)c2ccc(F)cc2)CC1)c1ccc(F)cc1. The lowest BCUT2D eigenvalue weighted by Crippen LogP contribution is -2.54. The van der Waals surface area contributed by atoms with E-state index in [1.807, 2.05) is 0 Å². The van der Waals surface area contributed by atoms with Gasteiger partial charge < -0.3 is 15.5 Å². The van der Waals surface area contributed by atoms with Gasteiger partial charge in [0.15, 0.2) is 0 Å². The van der Waals surface area contributed by atoms with Crippen LogP contribution in [0.25, 0.3) is 0 Å². The third kappa shape index (κ3) is 5.30. The zero-order valence-electron chi connectivity index (χ0n) is 17.5. The third-order valence-electron chi connectivity index (χ3n) is 5.99. The lowest BCUT2D eigenvalue weighted by Gasteiger charge is -2.36. The molecule has 0 spiro atoms. The largest absolute Gasteiger partial charge is 0.352 e. The van der Waals surface area contributed by atoms with E-state index in [1.54, 1.807) is 4.90 Å². The molecule has 0 bridgehead atoms. The number of hydrogen-bond acceptors (Lipinski definition) is 3.